The van der Waals surface area contributed by atoms with Gasteiger partial charge in [-0.3, -0.25) is 0 Å². The van der Waals surface area contributed by atoms with Gasteiger partial charge < -0.3 is 20.5 Å². The highest BCUT2D eigenvalue weighted by Gasteiger charge is 2.29. The number of carbonyl (C=O) groups excluding carboxylic acids is 1. The van der Waals surface area contributed by atoms with Crippen LogP contribution in [0, 0.1) is 0 Å². The van der Waals surface area contributed by atoms with Crippen LogP contribution in [0.4, 0.5) is 4.79 Å². The zero-order valence-electron chi connectivity index (χ0n) is 13.6. The first kappa shape index (κ1) is 16.6. The second kappa shape index (κ2) is 7.01. The quantitative estimate of drug-likeness (QED) is 0.756. The normalized spacial score (nSPS) is 19.2. The van der Waals surface area contributed by atoms with Gasteiger partial charge in [-0.15, -0.1) is 0 Å². The Bertz CT molecular complexity index is 533. The number of urea groups is 1. The van der Waals surface area contributed by atoms with Crippen LogP contribution in [0.15, 0.2) is 18.2 Å². The van der Waals surface area contributed by atoms with Crippen LogP contribution in [0.2, 0.25) is 0 Å². The summed E-state index contributed by atoms with van der Waals surface area (Å²) in [6.07, 6.45) is 3.41. The molecule has 0 saturated carbocycles. The van der Waals surface area contributed by atoms with E-state index in [4.69, 9.17) is 4.74 Å². The number of ether oxygens (including phenoxy) is 1. The lowest BCUT2D eigenvalue weighted by atomic mass is 9.97. The number of amides is 2. The average molecular weight is 306 g/mol. The van der Waals surface area contributed by atoms with E-state index in [-0.39, 0.29) is 18.7 Å². The fourth-order valence-corrected chi connectivity index (χ4v) is 3.16. The van der Waals surface area contributed by atoms with Gasteiger partial charge in [-0.1, -0.05) is 25.5 Å². The fraction of sp³-hybridized carbons (Fsp3) is 0.588. The van der Waals surface area contributed by atoms with Crippen molar-refractivity contribution in [3.63, 3.8) is 0 Å². The summed E-state index contributed by atoms with van der Waals surface area (Å²) < 4.78 is 5.38. The maximum atomic E-state index is 12.2. The number of carbonyl (C=O) groups is 1. The minimum absolute atomic E-state index is 0.00494. The van der Waals surface area contributed by atoms with Gasteiger partial charge in [0, 0.05) is 0 Å². The number of aliphatic hydroxyl groups excluding tert-OH is 1. The van der Waals surface area contributed by atoms with E-state index in [1.54, 1.807) is 7.11 Å². The highest BCUT2D eigenvalue weighted by molar-refractivity contribution is 5.75. The van der Waals surface area contributed by atoms with Gasteiger partial charge in [0.1, 0.15) is 5.75 Å². The van der Waals surface area contributed by atoms with Crippen molar-refractivity contribution in [2.45, 2.75) is 51.1 Å². The Labute approximate surface area is 132 Å². The van der Waals surface area contributed by atoms with Gasteiger partial charge >= 0.3 is 6.03 Å². The molecule has 1 aromatic carbocycles. The Morgan fingerprint density at radius 3 is 2.91 bits per heavy atom. The van der Waals surface area contributed by atoms with Gasteiger partial charge in [-0.25, -0.2) is 4.79 Å². The number of nitrogens with one attached hydrogen (secondary N) is 2. The van der Waals surface area contributed by atoms with Crippen LogP contribution in [0.1, 0.15) is 50.3 Å². The maximum Gasteiger partial charge on any atom is 0.315 e. The molecule has 2 unspecified atom stereocenters. The van der Waals surface area contributed by atoms with Crippen LogP contribution in [-0.2, 0) is 6.42 Å². The van der Waals surface area contributed by atoms with E-state index in [0.717, 1.165) is 37.0 Å². The Morgan fingerprint density at radius 2 is 2.27 bits per heavy atom. The van der Waals surface area contributed by atoms with E-state index < -0.39 is 5.54 Å². The second-order valence-electron chi connectivity index (χ2n) is 6.19. The molecule has 0 heterocycles. The topological polar surface area (TPSA) is 70.6 Å². The molecule has 0 radical (unpaired) electrons. The summed E-state index contributed by atoms with van der Waals surface area (Å²) in [5, 5.41) is 15.4. The molecule has 22 heavy (non-hydrogen) atoms. The third kappa shape index (κ3) is 3.53. The molecule has 122 valence electrons. The van der Waals surface area contributed by atoms with Gasteiger partial charge in [-0.2, -0.15) is 0 Å². The Hall–Kier alpha value is -1.75. The standard InChI is InChI=1S/C17H26N2O3/c1-4-10-17(2,11-20)19-16(21)18-14-9-8-13-12(14)6-5-7-15(13)22-3/h5-7,14,20H,4,8-11H2,1-3H3,(H2,18,19,21). The van der Waals surface area contributed by atoms with Gasteiger partial charge in [0.05, 0.1) is 25.3 Å². The molecular formula is C17H26N2O3. The minimum Gasteiger partial charge on any atom is -0.496 e. The highest BCUT2D eigenvalue weighted by atomic mass is 16.5. The third-order valence-corrected chi connectivity index (χ3v) is 4.32. The van der Waals surface area contributed by atoms with E-state index in [2.05, 4.69) is 10.6 Å². The van der Waals surface area contributed by atoms with Crippen molar-refractivity contribution in [1.82, 2.24) is 10.6 Å². The molecular weight excluding hydrogens is 280 g/mol. The summed E-state index contributed by atoms with van der Waals surface area (Å²) in [5.74, 6) is 0.883. The number of aliphatic hydroxyl groups is 1. The number of methoxy groups -OCH3 is 1. The van der Waals surface area contributed by atoms with Gasteiger partial charge in [-0.05, 0) is 43.4 Å². The zero-order chi connectivity index (χ0) is 16.2. The van der Waals surface area contributed by atoms with Crippen LogP contribution in [0.5, 0.6) is 5.75 Å². The van der Waals surface area contributed by atoms with Crippen LogP contribution >= 0.6 is 0 Å². The lowest BCUT2D eigenvalue weighted by molar-refractivity contribution is 0.162. The van der Waals surface area contributed by atoms with Gasteiger partial charge in [0.2, 0.25) is 0 Å². The first-order valence-electron chi connectivity index (χ1n) is 7.88. The molecule has 0 saturated heterocycles. The molecule has 2 rings (SSSR count). The average Bonchev–Trinajstić information content (AvgIpc) is 2.90. The van der Waals surface area contributed by atoms with Crippen molar-refractivity contribution in [3.05, 3.63) is 29.3 Å². The number of hydrogen-bond acceptors (Lipinski definition) is 3. The zero-order valence-corrected chi connectivity index (χ0v) is 13.6. The van der Waals surface area contributed by atoms with E-state index in [1.807, 2.05) is 32.0 Å². The minimum atomic E-state index is -0.575. The molecule has 1 aromatic rings. The molecule has 1 aliphatic carbocycles. The predicted octanol–water partition coefficient (Wildman–Crippen LogP) is 2.53. The highest BCUT2D eigenvalue weighted by Crippen LogP contribution is 2.36. The van der Waals surface area contributed by atoms with E-state index in [0.29, 0.717) is 0 Å². The summed E-state index contributed by atoms with van der Waals surface area (Å²) in [7, 11) is 1.67. The van der Waals surface area contributed by atoms with E-state index in [9.17, 15) is 9.90 Å². The fourth-order valence-electron chi connectivity index (χ4n) is 3.16. The molecule has 3 N–H and O–H groups in total. The molecule has 0 aromatic heterocycles. The smallest absolute Gasteiger partial charge is 0.315 e. The largest absolute Gasteiger partial charge is 0.496 e. The number of fused-ring (bicyclic) bond motifs is 1. The van der Waals surface area contributed by atoms with Crippen molar-refractivity contribution in [2.24, 2.45) is 0 Å². The first-order chi connectivity index (χ1) is 10.5. The second-order valence-corrected chi connectivity index (χ2v) is 6.19. The Kier molecular flexibility index (Phi) is 5.29. The van der Waals surface area contributed by atoms with Crippen LogP contribution in [0.25, 0.3) is 0 Å². The number of hydrogen-bond donors (Lipinski definition) is 3. The van der Waals surface area contributed by atoms with Gasteiger partial charge in [0.25, 0.3) is 0 Å². The summed E-state index contributed by atoms with van der Waals surface area (Å²) in [5.41, 5.74) is 1.72. The molecule has 1 aliphatic rings. The lowest BCUT2D eigenvalue weighted by Gasteiger charge is -2.29. The predicted molar refractivity (Wildman–Crippen MR) is 86.1 cm³/mol. The molecule has 5 heteroatoms. The SMILES string of the molecule is CCCC(C)(CO)NC(=O)NC1CCc2c(OC)cccc21. The molecule has 0 aliphatic heterocycles. The third-order valence-electron chi connectivity index (χ3n) is 4.32. The molecule has 0 bridgehead atoms. The Morgan fingerprint density at radius 1 is 1.50 bits per heavy atom. The van der Waals surface area contributed by atoms with Crippen LogP contribution in [0.3, 0.4) is 0 Å². The lowest BCUT2D eigenvalue weighted by Crippen LogP contribution is -2.52. The molecule has 2 atom stereocenters. The molecule has 2 amide bonds. The maximum absolute atomic E-state index is 12.2. The van der Waals surface area contributed by atoms with Crippen molar-refractivity contribution in [3.8, 4) is 5.75 Å². The summed E-state index contributed by atoms with van der Waals surface area (Å²) in [4.78, 5) is 12.2. The van der Waals surface area contributed by atoms with Crippen LogP contribution < -0.4 is 15.4 Å². The number of benzene rings is 1. The van der Waals surface area contributed by atoms with Crippen molar-refractivity contribution >= 4 is 6.03 Å². The molecule has 0 spiro atoms. The van der Waals surface area contributed by atoms with Gasteiger partial charge in [0.15, 0.2) is 0 Å². The van der Waals surface area contributed by atoms with E-state index >= 15 is 0 Å². The number of rotatable bonds is 6. The summed E-state index contributed by atoms with van der Waals surface area (Å²) >= 11 is 0. The van der Waals surface area contributed by atoms with E-state index in [1.165, 1.54) is 5.56 Å². The van der Waals surface area contributed by atoms with Crippen molar-refractivity contribution in [2.75, 3.05) is 13.7 Å². The first-order valence-corrected chi connectivity index (χ1v) is 7.88. The van der Waals surface area contributed by atoms with Crippen molar-refractivity contribution in [1.29, 1.82) is 0 Å². The summed E-state index contributed by atoms with van der Waals surface area (Å²) in [6, 6.07) is 5.70. The van der Waals surface area contributed by atoms with Crippen molar-refractivity contribution < 1.29 is 14.6 Å². The molecule has 0 fully saturated rings. The van der Waals surface area contributed by atoms with Crippen LogP contribution in [-0.4, -0.2) is 30.4 Å². The monoisotopic (exact) mass is 306 g/mol. The Balaban J connectivity index is 2.03. The summed E-state index contributed by atoms with van der Waals surface area (Å²) in [6.45, 7) is 3.83. The molecule has 5 nitrogen and oxygen atoms in total.